The first-order valence-corrected chi connectivity index (χ1v) is 28.7. The van der Waals surface area contributed by atoms with E-state index in [1.54, 1.807) is 0 Å². The zero-order valence-electron chi connectivity index (χ0n) is 43.3. The van der Waals surface area contributed by atoms with E-state index in [-0.39, 0.29) is 31.1 Å². The van der Waals surface area contributed by atoms with Gasteiger partial charge in [-0.05, 0) is 44.9 Å². The first kappa shape index (κ1) is 62.1. The molecule has 0 aromatic carbocycles. The third-order valence-electron chi connectivity index (χ3n) is 13.0. The average Bonchev–Trinajstić information content (AvgIpc) is 3.29. The van der Waals surface area contributed by atoms with Crippen molar-refractivity contribution < 1.29 is 28.6 Å². The molecule has 0 bridgehead atoms. The minimum atomic E-state index is -0.764. The third kappa shape index (κ3) is 51.1. The molecule has 0 aliphatic carbocycles. The summed E-state index contributed by atoms with van der Waals surface area (Å²) >= 11 is 0. The predicted molar refractivity (Wildman–Crippen MR) is 275 cm³/mol. The fourth-order valence-corrected chi connectivity index (χ4v) is 8.68. The lowest BCUT2D eigenvalue weighted by Crippen LogP contribution is -2.30. The molecule has 0 heterocycles. The molecule has 1 unspecified atom stereocenters. The second kappa shape index (κ2) is 53.8. The van der Waals surface area contributed by atoms with Gasteiger partial charge >= 0.3 is 17.9 Å². The van der Waals surface area contributed by atoms with Gasteiger partial charge in [-0.1, -0.05) is 270 Å². The molecule has 0 rings (SSSR count). The number of unbranched alkanes of at least 4 members (excludes halogenated alkanes) is 40. The van der Waals surface area contributed by atoms with Crippen LogP contribution in [-0.4, -0.2) is 37.2 Å². The Balaban J connectivity index is 4.27. The number of carbonyl (C=O) groups is 3. The van der Waals surface area contributed by atoms with Gasteiger partial charge in [-0.25, -0.2) is 0 Å². The van der Waals surface area contributed by atoms with Crippen molar-refractivity contribution in [3.05, 3.63) is 12.2 Å². The first-order valence-electron chi connectivity index (χ1n) is 28.7. The maximum Gasteiger partial charge on any atom is 0.306 e. The number of rotatable bonds is 53. The molecule has 0 N–H and O–H groups in total. The van der Waals surface area contributed by atoms with Crippen molar-refractivity contribution in [1.82, 2.24) is 0 Å². The topological polar surface area (TPSA) is 78.9 Å². The van der Waals surface area contributed by atoms with E-state index >= 15 is 0 Å². The first-order chi connectivity index (χ1) is 31.5. The zero-order valence-corrected chi connectivity index (χ0v) is 43.3. The third-order valence-corrected chi connectivity index (χ3v) is 13.0. The molecule has 6 nitrogen and oxygen atoms in total. The second-order valence-electron chi connectivity index (χ2n) is 19.6. The van der Waals surface area contributed by atoms with Gasteiger partial charge in [-0.15, -0.1) is 0 Å². The largest absolute Gasteiger partial charge is 0.462 e. The molecule has 64 heavy (non-hydrogen) atoms. The molecule has 6 heteroatoms. The Morgan fingerprint density at radius 2 is 0.516 bits per heavy atom. The Labute approximate surface area is 399 Å². The minimum absolute atomic E-state index is 0.0647. The van der Waals surface area contributed by atoms with Gasteiger partial charge in [0.1, 0.15) is 13.2 Å². The molecule has 1 atom stereocenters. The van der Waals surface area contributed by atoms with Crippen LogP contribution in [0.25, 0.3) is 0 Å². The van der Waals surface area contributed by atoms with E-state index in [2.05, 4.69) is 32.9 Å². The zero-order chi connectivity index (χ0) is 46.5. The van der Waals surface area contributed by atoms with E-state index in [4.69, 9.17) is 14.2 Å². The van der Waals surface area contributed by atoms with Gasteiger partial charge in [0, 0.05) is 19.3 Å². The highest BCUT2D eigenvalue weighted by atomic mass is 16.6. The normalized spacial score (nSPS) is 12.0. The molecule has 0 saturated carbocycles. The van der Waals surface area contributed by atoms with Gasteiger partial charge < -0.3 is 14.2 Å². The second-order valence-corrected chi connectivity index (χ2v) is 19.6. The van der Waals surface area contributed by atoms with Crippen molar-refractivity contribution in [2.24, 2.45) is 0 Å². The number of hydrogen-bond donors (Lipinski definition) is 0. The number of allylic oxidation sites excluding steroid dienone is 2. The van der Waals surface area contributed by atoms with Crippen molar-refractivity contribution in [2.45, 2.75) is 329 Å². The summed E-state index contributed by atoms with van der Waals surface area (Å²) in [6.07, 6.45) is 60.6. The average molecular weight is 904 g/mol. The number of ether oxygens (including phenoxy) is 3. The van der Waals surface area contributed by atoms with Crippen LogP contribution in [0.15, 0.2) is 12.2 Å². The van der Waals surface area contributed by atoms with Crippen LogP contribution < -0.4 is 0 Å². The Bertz CT molecular complexity index is 993. The summed E-state index contributed by atoms with van der Waals surface area (Å²) in [4.78, 5) is 38.1. The highest BCUT2D eigenvalue weighted by Crippen LogP contribution is 2.17. The van der Waals surface area contributed by atoms with Crippen molar-refractivity contribution in [2.75, 3.05) is 13.2 Å². The molecule has 0 aliphatic heterocycles. The highest BCUT2D eigenvalue weighted by molar-refractivity contribution is 5.71. The van der Waals surface area contributed by atoms with E-state index < -0.39 is 6.10 Å². The van der Waals surface area contributed by atoms with E-state index in [1.807, 2.05) is 0 Å². The van der Waals surface area contributed by atoms with Crippen LogP contribution in [-0.2, 0) is 28.6 Å². The van der Waals surface area contributed by atoms with Gasteiger partial charge in [0.05, 0.1) is 0 Å². The number of hydrogen-bond acceptors (Lipinski definition) is 6. The summed E-state index contributed by atoms with van der Waals surface area (Å²) in [5, 5.41) is 0. The molecule has 0 aromatic rings. The van der Waals surface area contributed by atoms with Crippen molar-refractivity contribution in [3.63, 3.8) is 0 Å². The van der Waals surface area contributed by atoms with E-state index in [0.717, 1.165) is 57.8 Å². The van der Waals surface area contributed by atoms with Crippen LogP contribution in [0.5, 0.6) is 0 Å². The Hall–Kier alpha value is -1.85. The molecule has 0 spiro atoms. The lowest BCUT2D eigenvalue weighted by Gasteiger charge is -2.18. The van der Waals surface area contributed by atoms with E-state index in [9.17, 15) is 14.4 Å². The van der Waals surface area contributed by atoms with Gasteiger partial charge in [0.25, 0.3) is 0 Å². The summed E-state index contributed by atoms with van der Waals surface area (Å²) in [5.41, 5.74) is 0. The van der Waals surface area contributed by atoms with Crippen LogP contribution >= 0.6 is 0 Å². The van der Waals surface area contributed by atoms with Crippen molar-refractivity contribution in [3.8, 4) is 0 Å². The lowest BCUT2D eigenvalue weighted by atomic mass is 10.0. The maximum atomic E-state index is 12.8. The van der Waals surface area contributed by atoms with Gasteiger partial charge in [-0.2, -0.15) is 0 Å². The molecule has 0 fully saturated rings. The Morgan fingerprint density at radius 1 is 0.297 bits per heavy atom. The summed E-state index contributed by atoms with van der Waals surface area (Å²) in [6, 6.07) is 0. The number of esters is 3. The molecule has 0 aliphatic rings. The van der Waals surface area contributed by atoms with Crippen LogP contribution in [0.3, 0.4) is 0 Å². The SMILES string of the molecule is CCCCCCCC/C=C\CCCCCCCCCCCC(=O)OCC(COC(=O)CCCCCCCCCCCCC)OC(=O)CCCCCCCCCCCCCCCCCC. The van der Waals surface area contributed by atoms with Crippen LogP contribution in [0, 0.1) is 0 Å². The summed E-state index contributed by atoms with van der Waals surface area (Å²) in [6.45, 7) is 6.68. The molecule has 0 radical (unpaired) electrons. The molecule has 0 amide bonds. The molecular weight excluding hydrogens is 793 g/mol. The van der Waals surface area contributed by atoms with Gasteiger partial charge in [0.2, 0.25) is 0 Å². The maximum absolute atomic E-state index is 12.8. The van der Waals surface area contributed by atoms with Gasteiger partial charge in [-0.3, -0.25) is 14.4 Å². The fraction of sp³-hybridized carbons (Fsp3) is 0.914. The molecular formula is C58H110O6. The smallest absolute Gasteiger partial charge is 0.306 e. The van der Waals surface area contributed by atoms with Crippen molar-refractivity contribution in [1.29, 1.82) is 0 Å². The summed E-state index contributed by atoms with van der Waals surface area (Å²) < 4.78 is 16.9. The van der Waals surface area contributed by atoms with E-state index in [1.165, 1.54) is 225 Å². The number of carbonyl (C=O) groups excluding carboxylic acids is 3. The molecule has 0 aromatic heterocycles. The minimum Gasteiger partial charge on any atom is -0.462 e. The summed E-state index contributed by atoms with van der Waals surface area (Å²) in [5.74, 6) is -0.844. The lowest BCUT2D eigenvalue weighted by molar-refractivity contribution is -0.167. The monoisotopic (exact) mass is 903 g/mol. The Kier molecular flexibility index (Phi) is 52.2. The molecule has 378 valence electrons. The van der Waals surface area contributed by atoms with Crippen molar-refractivity contribution >= 4 is 17.9 Å². The van der Waals surface area contributed by atoms with Crippen LogP contribution in [0.2, 0.25) is 0 Å². The highest BCUT2D eigenvalue weighted by Gasteiger charge is 2.19. The quantitative estimate of drug-likeness (QED) is 0.0262. The standard InChI is InChI=1S/C58H110O6/c1-4-7-10-13-16-19-22-24-26-28-29-30-32-33-36-39-42-45-48-51-57(60)63-54-55(53-62-56(59)50-47-44-41-38-35-21-18-15-12-9-6-3)64-58(61)52-49-46-43-40-37-34-31-27-25-23-20-17-14-11-8-5-2/h24,26,55H,4-23,25,27-54H2,1-3H3/b26-24-. The molecule has 0 saturated heterocycles. The van der Waals surface area contributed by atoms with Crippen LogP contribution in [0.4, 0.5) is 0 Å². The fourth-order valence-electron chi connectivity index (χ4n) is 8.68. The van der Waals surface area contributed by atoms with Crippen LogP contribution in [0.1, 0.15) is 323 Å². The Morgan fingerprint density at radius 3 is 0.781 bits per heavy atom. The van der Waals surface area contributed by atoms with E-state index in [0.29, 0.717) is 19.3 Å². The predicted octanol–water partition coefficient (Wildman–Crippen LogP) is 18.9. The summed E-state index contributed by atoms with van der Waals surface area (Å²) in [7, 11) is 0. The van der Waals surface area contributed by atoms with Gasteiger partial charge in [0.15, 0.2) is 6.10 Å².